The normalized spacial score (nSPS) is 20.3. The first-order valence-corrected chi connectivity index (χ1v) is 7.98. The quantitative estimate of drug-likeness (QED) is 0.883. The molecule has 1 aromatic carbocycles. The molecule has 19 heavy (non-hydrogen) atoms. The third-order valence-corrected chi connectivity index (χ3v) is 4.50. The molecule has 0 saturated carbocycles. The molecule has 102 valence electrons. The Morgan fingerprint density at radius 3 is 2.63 bits per heavy atom. The number of carbonyl (C=O) groups excluding carboxylic acids is 1. The molecule has 5 heteroatoms. The second kappa shape index (κ2) is 6.02. The number of rotatable bonds is 5. The lowest BCUT2D eigenvalue weighted by atomic mass is 10.1. The van der Waals surface area contributed by atoms with Crippen molar-refractivity contribution < 1.29 is 13.2 Å². The number of carbonyl (C=O) groups is 1. The van der Waals surface area contributed by atoms with Gasteiger partial charge in [-0.3, -0.25) is 4.79 Å². The molecule has 1 aliphatic heterocycles. The van der Waals surface area contributed by atoms with Crippen LogP contribution < -0.4 is 5.32 Å². The van der Waals surface area contributed by atoms with Gasteiger partial charge in [0.15, 0.2) is 9.84 Å². The second-order valence-electron chi connectivity index (χ2n) is 4.71. The Hall–Kier alpha value is -1.62. The molecule has 0 spiro atoms. The van der Waals surface area contributed by atoms with Gasteiger partial charge in [0, 0.05) is 24.3 Å². The lowest BCUT2D eigenvalue weighted by Gasteiger charge is -2.08. The molecule has 0 aromatic heterocycles. The molecule has 0 saturated heterocycles. The van der Waals surface area contributed by atoms with Gasteiger partial charge in [0.2, 0.25) is 5.91 Å². The van der Waals surface area contributed by atoms with E-state index >= 15 is 0 Å². The smallest absolute Gasteiger partial charge is 0.220 e. The van der Waals surface area contributed by atoms with E-state index in [9.17, 15) is 13.2 Å². The van der Waals surface area contributed by atoms with Crippen molar-refractivity contribution in [2.45, 2.75) is 12.8 Å². The molecule has 0 aliphatic carbocycles. The zero-order chi connectivity index (χ0) is 13.7. The third kappa shape index (κ3) is 4.52. The first-order chi connectivity index (χ1) is 9.05. The highest BCUT2D eigenvalue weighted by Gasteiger charge is 2.23. The Balaban J connectivity index is 1.70. The fourth-order valence-corrected chi connectivity index (χ4v) is 3.47. The van der Waals surface area contributed by atoms with Crippen LogP contribution in [-0.4, -0.2) is 26.6 Å². The van der Waals surface area contributed by atoms with E-state index in [0.717, 1.165) is 6.42 Å². The topological polar surface area (TPSA) is 63.2 Å². The summed E-state index contributed by atoms with van der Waals surface area (Å²) in [6.07, 6.45) is 2.63. The van der Waals surface area contributed by atoms with E-state index in [1.165, 1.54) is 11.0 Å². The average molecular weight is 279 g/mol. The minimum Gasteiger partial charge on any atom is -0.356 e. The summed E-state index contributed by atoms with van der Waals surface area (Å²) < 4.78 is 22.4. The van der Waals surface area contributed by atoms with Crippen LogP contribution in [0.3, 0.4) is 0 Å². The highest BCUT2D eigenvalue weighted by Crippen LogP contribution is 2.17. The standard InChI is InChI=1S/C14H17NO3S/c16-14(10-13-7-9-19(17,18)11-13)15-8-6-12-4-2-1-3-5-12/h1-5,7,9,13H,6,8,10-11H2,(H,15,16). The van der Waals surface area contributed by atoms with Crippen molar-refractivity contribution in [3.05, 3.63) is 47.4 Å². The molecule has 1 heterocycles. The molecule has 1 unspecified atom stereocenters. The summed E-state index contributed by atoms with van der Waals surface area (Å²) in [5, 5.41) is 4.02. The Morgan fingerprint density at radius 1 is 1.26 bits per heavy atom. The van der Waals surface area contributed by atoms with Crippen LogP contribution in [0.4, 0.5) is 0 Å². The van der Waals surface area contributed by atoms with Gasteiger partial charge in [-0.1, -0.05) is 36.4 Å². The van der Waals surface area contributed by atoms with Crippen molar-refractivity contribution in [2.24, 2.45) is 5.92 Å². The van der Waals surface area contributed by atoms with Crippen LogP contribution in [0, 0.1) is 5.92 Å². The Labute approximate surface area is 113 Å². The molecule has 0 radical (unpaired) electrons. The fourth-order valence-electron chi connectivity index (χ4n) is 2.07. The summed E-state index contributed by atoms with van der Waals surface area (Å²) in [5.41, 5.74) is 1.17. The number of allylic oxidation sites excluding steroid dienone is 1. The maximum atomic E-state index is 11.7. The van der Waals surface area contributed by atoms with Gasteiger partial charge < -0.3 is 5.32 Å². The minimum atomic E-state index is -3.07. The van der Waals surface area contributed by atoms with Gasteiger partial charge in [0.25, 0.3) is 0 Å². The molecule has 1 aromatic rings. The Kier molecular flexibility index (Phi) is 4.37. The number of benzene rings is 1. The van der Waals surface area contributed by atoms with Gasteiger partial charge in [-0.05, 0) is 12.0 Å². The first kappa shape index (κ1) is 13.8. The fraction of sp³-hybridized carbons (Fsp3) is 0.357. The van der Waals surface area contributed by atoms with Crippen molar-refractivity contribution in [3.8, 4) is 0 Å². The highest BCUT2D eigenvalue weighted by molar-refractivity contribution is 7.94. The van der Waals surface area contributed by atoms with Crippen LogP contribution in [-0.2, 0) is 21.1 Å². The second-order valence-corrected chi connectivity index (χ2v) is 6.64. The van der Waals surface area contributed by atoms with Crippen molar-refractivity contribution in [1.82, 2.24) is 5.32 Å². The van der Waals surface area contributed by atoms with Gasteiger partial charge in [0.1, 0.15) is 0 Å². The monoisotopic (exact) mass is 279 g/mol. The zero-order valence-corrected chi connectivity index (χ0v) is 11.4. The first-order valence-electron chi connectivity index (χ1n) is 6.27. The van der Waals surface area contributed by atoms with Crippen LogP contribution in [0.15, 0.2) is 41.8 Å². The van der Waals surface area contributed by atoms with E-state index in [-0.39, 0.29) is 24.0 Å². The summed E-state index contributed by atoms with van der Waals surface area (Å²) in [7, 11) is -3.07. The largest absolute Gasteiger partial charge is 0.356 e. The SMILES string of the molecule is O=C(CC1C=CS(=O)(=O)C1)NCCc1ccccc1. The van der Waals surface area contributed by atoms with Gasteiger partial charge in [-0.2, -0.15) is 0 Å². The predicted octanol–water partition coefficient (Wildman–Crippen LogP) is 1.29. The van der Waals surface area contributed by atoms with Crippen LogP contribution in [0.5, 0.6) is 0 Å². The van der Waals surface area contributed by atoms with E-state index < -0.39 is 9.84 Å². The maximum absolute atomic E-state index is 11.7. The third-order valence-electron chi connectivity index (χ3n) is 3.03. The van der Waals surface area contributed by atoms with E-state index in [0.29, 0.717) is 6.54 Å². The van der Waals surface area contributed by atoms with Gasteiger partial charge in [0.05, 0.1) is 5.75 Å². The molecule has 1 aliphatic rings. The van der Waals surface area contributed by atoms with Crippen LogP contribution >= 0.6 is 0 Å². The molecule has 1 amide bonds. The lowest BCUT2D eigenvalue weighted by molar-refractivity contribution is -0.121. The van der Waals surface area contributed by atoms with Crippen molar-refractivity contribution in [1.29, 1.82) is 0 Å². The average Bonchev–Trinajstić information content (AvgIpc) is 2.70. The maximum Gasteiger partial charge on any atom is 0.220 e. The van der Waals surface area contributed by atoms with E-state index in [4.69, 9.17) is 0 Å². The van der Waals surface area contributed by atoms with Crippen molar-refractivity contribution >= 4 is 15.7 Å². The van der Waals surface area contributed by atoms with E-state index in [2.05, 4.69) is 5.32 Å². The Bertz CT molecular complexity index is 564. The van der Waals surface area contributed by atoms with Gasteiger partial charge >= 0.3 is 0 Å². The number of nitrogens with one attached hydrogen (secondary N) is 1. The molecule has 0 fully saturated rings. The number of sulfone groups is 1. The number of hydrogen-bond acceptors (Lipinski definition) is 3. The highest BCUT2D eigenvalue weighted by atomic mass is 32.2. The zero-order valence-electron chi connectivity index (χ0n) is 10.6. The number of amides is 1. The molecule has 1 N–H and O–H groups in total. The van der Waals surface area contributed by atoms with E-state index in [1.54, 1.807) is 6.08 Å². The minimum absolute atomic E-state index is 0.0547. The Morgan fingerprint density at radius 2 is 2.00 bits per heavy atom. The molecule has 1 atom stereocenters. The summed E-state index contributed by atoms with van der Waals surface area (Å²) in [4.78, 5) is 11.7. The van der Waals surface area contributed by atoms with Crippen LogP contribution in [0.2, 0.25) is 0 Å². The van der Waals surface area contributed by atoms with Crippen molar-refractivity contribution in [2.75, 3.05) is 12.3 Å². The summed E-state index contributed by atoms with van der Waals surface area (Å²) in [6, 6.07) is 9.91. The molecule has 4 nitrogen and oxygen atoms in total. The van der Waals surface area contributed by atoms with Crippen LogP contribution in [0.25, 0.3) is 0 Å². The van der Waals surface area contributed by atoms with Crippen LogP contribution in [0.1, 0.15) is 12.0 Å². The van der Waals surface area contributed by atoms with Gasteiger partial charge in [-0.15, -0.1) is 0 Å². The number of hydrogen-bond donors (Lipinski definition) is 1. The molecular formula is C14H17NO3S. The van der Waals surface area contributed by atoms with E-state index in [1.807, 2.05) is 30.3 Å². The molecule has 0 bridgehead atoms. The van der Waals surface area contributed by atoms with Crippen molar-refractivity contribution in [3.63, 3.8) is 0 Å². The molecule has 2 rings (SSSR count). The van der Waals surface area contributed by atoms with Gasteiger partial charge in [-0.25, -0.2) is 8.42 Å². The lowest BCUT2D eigenvalue weighted by Crippen LogP contribution is -2.27. The summed E-state index contributed by atoms with van der Waals surface area (Å²) in [6.45, 7) is 0.575. The summed E-state index contributed by atoms with van der Waals surface area (Å²) in [5.74, 6) is -0.219. The summed E-state index contributed by atoms with van der Waals surface area (Å²) >= 11 is 0. The predicted molar refractivity (Wildman–Crippen MR) is 74.2 cm³/mol. The molecular weight excluding hydrogens is 262 g/mol.